The van der Waals surface area contributed by atoms with Gasteiger partial charge in [-0.3, -0.25) is 4.79 Å². The molecule has 1 atom stereocenters. The van der Waals surface area contributed by atoms with Gasteiger partial charge in [0.1, 0.15) is 5.82 Å². The quantitative estimate of drug-likeness (QED) is 0.868. The maximum absolute atomic E-state index is 13.3. The number of carbonyl (C=O) groups is 1. The maximum atomic E-state index is 13.3. The zero-order chi connectivity index (χ0) is 12.8. The van der Waals surface area contributed by atoms with E-state index in [1.54, 1.807) is 12.1 Å². The molecule has 1 fully saturated rings. The van der Waals surface area contributed by atoms with E-state index in [1.807, 2.05) is 6.07 Å². The smallest absolute Gasteiger partial charge is 0.220 e. The number of amides is 1. The molecule has 5 heteroatoms. The zero-order valence-corrected chi connectivity index (χ0v) is 11.6. The minimum absolute atomic E-state index is 0. The monoisotopic (exact) mass is 286 g/mol. The number of nitrogens with one attached hydrogen (secondary N) is 2. The summed E-state index contributed by atoms with van der Waals surface area (Å²) in [6.07, 6.45) is 2.19. The van der Waals surface area contributed by atoms with Crippen LogP contribution in [0.5, 0.6) is 0 Å². The fourth-order valence-electron chi connectivity index (χ4n) is 2.26. The largest absolute Gasteiger partial charge is 0.356 e. The Morgan fingerprint density at radius 2 is 2.21 bits per heavy atom. The molecule has 0 radical (unpaired) electrons. The van der Waals surface area contributed by atoms with Crippen LogP contribution in [0.2, 0.25) is 0 Å². The number of rotatable bonds is 5. The highest BCUT2D eigenvalue weighted by Crippen LogP contribution is 2.11. The van der Waals surface area contributed by atoms with Crippen molar-refractivity contribution in [2.75, 3.05) is 19.6 Å². The molecule has 0 bridgehead atoms. The maximum Gasteiger partial charge on any atom is 0.220 e. The minimum atomic E-state index is -0.202. The first-order valence-corrected chi connectivity index (χ1v) is 6.46. The van der Waals surface area contributed by atoms with E-state index in [0.717, 1.165) is 19.5 Å². The van der Waals surface area contributed by atoms with Crippen molar-refractivity contribution in [1.82, 2.24) is 10.6 Å². The molecule has 1 aliphatic rings. The van der Waals surface area contributed by atoms with Gasteiger partial charge in [-0.05, 0) is 43.5 Å². The molecule has 3 nitrogen and oxygen atoms in total. The van der Waals surface area contributed by atoms with E-state index in [-0.39, 0.29) is 24.1 Å². The summed E-state index contributed by atoms with van der Waals surface area (Å²) < 4.78 is 13.3. The van der Waals surface area contributed by atoms with E-state index < -0.39 is 0 Å². The number of carbonyl (C=O) groups excluding carboxylic acids is 1. The molecule has 0 spiro atoms. The summed E-state index contributed by atoms with van der Waals surface area (Å²) in [5.41, 5.74) is 0.653. The molecule has 1 saturated heterocycles. The molecule has 0 saturated carbocycles. The Hall–Kier alpha value is -1.13. The summed E-state index contributed by atoms with van der Waals surface area (Å²) in [6.45, 7) is 2.44. The van der Waals surface area contributed by atoms with E-state index in [2.05, 4.69) is 10.6 Å². The van der Waals surface area contributed by atoms with Gasteiger partial charge in [0.2, 0.25) is 5.91 Å². The SMILES string of the molecule is Cl.O=C(CC1CCNC1)NCCc1ccccc1F. The van der Waals surface area contributed by atoms with Gasteiger partial charge in [-0.25, -0.2) is 4.39 Å². The van der Waals surface area contributed by atoms with Crippen LogP contribution in [-0.4, -0.2) is 25.5 Å². The minimum Gasteiger partial charge on any atom is -0.356 e. The van der Waals surface area contributed by atoms with E-state index in [4.69, 9.17) is 0 Å². The standard InChI is InChI=1S/C14H19FN2O.ClH/c15-13-4-2-1-3-12(13)6-8-17-14(18)9-11-5-7-16-10-11;/h1-4,11,16H,5-10H2,(H,17,18);1H. The molecule has 1 unspecified atom stereocenters. The molecule has 1 aromatic carbocycles. The lowest BCUT2D eigenvalue weighted by Gasteiger charge is -2.09. The fourth-order valence-corrected chi connectivity index (χ4v) is 2.26. The summed E-state index contributed by atoms with van der Waals surface area (Å²) in [6, 6.07) is 6.68. The van der Waals surface area contributed by atoms with Gasteiger partial charge >= 0.3 is 0 Å². The topological polar surface area (TPSA) is 41.1 Å². The van der Waals surface area contributed by atoms with E-state index in [1.165, 1.54) is 6.07 Å². The average molecular weight is 287 g/mol. The lowest BCUT2D eigenvalue weighted by Crippen LogP contribution is -2.28. The van der Waals surface area contributed by atoms with Crippen molar-refractivity contribution in [1.29, 1.82) is 0 Å². The second-order valence-corrected chi connectivity index (χ2v) is 4.75. The molecule has 2 rings (SSSR count). The molecule has 19 heavy (non-hydrogen) atoms. The van der Waals surface area contributed by atoms with Crippen LogP contribution in [0.4, 0.5) is 4.39 Å². The molecule has 1 amide bonds. The first-order chi connectivity index (χ1) is 8.75. The highest BCUT2D eigenvalue weighted by molar-refractivity contribution is 5.85. The van der Waals surface area contributed by atoms with Crippen molar-refractivity contribution in [2.24, 2.45) is 5.92 Å². The summed E-state index contributed by atoms with van der Waals surface area (Å²) in [5, 5.41) is 6.09. The Labute approximate surface area is 119 Å². The van der Waals surface area contributed by atoms with Crippen molar-refractivity contribution in [3.05, 3.63) is 35.6 Å². The second-order valence-electron chi connectivity index (χ2n) is 4.75. The van der Waals surface area contributed by atoms with E-state index >= 15 is 0 Å². The van der Waals surface area contributed by atoms with Crippen molar-refractivity contribution in [2.45, 2.75) is 19.3 Å². The Bertz CT molecular complexity index is 408. The normalized spacial score (nSPS) is 17.8. The molecule has 0 aliphatic carbocycles. The Kier molecular flexibility index (Phi) is 6.81. The highest BCUT2D eigenvalue weighted by atomic mass is 35.5. The lowest BCUT2D eigenvalue weighted by atomic mass is 10.0. The molecule has 0 aromatic heterocycles. The summed E-state index contributed by atoms with van der Waals surface area (Å²) in [5.74, 6) is 0.324. The predicted molar refractivity (Wildman–Crippen MR) is 76.0 cm³/mol. The van der Waals surface area contributed by atoms with Crippen molar-refractivity contribution in [3.63, 3.8) is 0 Å². The number of hydrogen-bond donors (Lipinski definition) is 2. The first kappa shape index (κ1) is 15.9. The molecular formula is C14H20ClFN2O. The van der Waals surface area contributed by atoms with Crippen LogP contribution in [0.3, 0.4) is 0 Å². The Balaban J connectivity index is 0.00000180. The zero-order valence-electron chi connectivity index (χ0n) is 10.8. The van der Waals surface area contributed by atoms with Gasteiger partial charge < -0.3 is 10.6 Å². The molecule has 2 N–H and O–H groups in total. The molecule has 1 aliphatic heterocycles. The third-order valence-corrected chi connectivity index (χ3v) is 3.31. The van der Waals surface area contributed by atoms with Crippen molar-refractivity contribution in [3.8, 4) is 0 Å². The van der Waals surface area contributed by atoms with Crippen molar-refractivity contribution >= 4 is 18.3 Å². The van der Waals surface area contributed by atoms with Crippen LogP contribution in [0.25, 0.3) is 0 Å². The highest BCUT2D eigenvalue weighted by Gasteiger charge is 2.17. The second kappa shape index (κ2) is 8.12. The number of benzene rings is 1. The predicted octanol–water partition coefficient (Wildman–Crippen LogP) is 1.91. The number of hydrogen-bond acceptors (Lipinski definition) is 2. The fraction of sp³-hybridized carbons (Fsp3) is 0.500. The van der Waals surface area contributed by atoms with Crippen molar-refractivity contribution < 1.29 is 9.18 Å². The van der Waals surface area contributed by atoms with Crippen LogP contribution in [0.15, 0.2) is 24.3 Å². The van der Waals surface area contributed by atoms with Gasteiger partial charge in [0.15, 0.2) is 0 Å². The Morgan fingerprint density at radius 3 is 2.89 bits per heavy atom. The van der Waals surface area contributed by atoms with Gasteiger partial charge in [0, 0.05) is 13.0 Å². The third kappa shape index (κ3) is 5.17. The van der Waals surface area contributed by atoms with Crippen LogP contribution >= 0.6 is 12.4 Å². The van der Waals surface area contributed by atoms with Gasteiger partial charge in [-0.2, -0.15) is 0 Å². The molecular weight excluding hydrogens is 267 g/mol. The van der Waals surface area contributed by atoms with E-state index in [0.29, 0.717) is 30.9 Å². The lowest BCUT2D eigenvalue weighted by molar-refractivity contribution is -0.121. The number of halogens is 2. The van der Waals surface area contributed by atoms with Crippen LogP contribution in [0.1, 0.15) is 18.4 Å². The molecule has 106 valence electrons. The average Bonchev–Trinajstić information content (AvgIpc) is 2.84. The first-order valence-electron chi connectivity index (χ1n) is 6.46. The molecule has 1 heterocycles. The van der Waals surface area contributed by atoms with Gasteiger partial charge in [-0.1, -0.05) is 18.2 Å². The Morgan fingerprint density at radius 1 is 1.42 bits per heavy atom. The summed E-state index contributed by atoms with van der Waals surface area (Å²) in [4.78, 5) is 11.6. The van der Waals surface area contributed by atoms with Crippen LogP contribution in [0, 0.1) is 11.7 Å². The van der Waals surface area contributed by atoms with Gasteiger partial charge in [-0.15, -0.1) is 12.4 Å². The van der Waals surface area contributed by atoms with Gasteiger partial charge in [0.25, 0.3) is 0 Å². The summed E-state index contributed by atoms with van der Waals surface area (Å²) in [7, 11) is 0. The van der Waals surface area contributed by atoms with Gasteiger partial charge in [0.05, 0.1) is 0 Å². The third-order valence-electron chi connectivity index (χ3n) is 3.31. The molecule has 1 aromatic rings. The van der Waals surface area contributed by atoms with E-state index in [9.17, 15) is 9.18 Å². The van der Waals surface area contributed by atoms with Crippen LogP contribution < -0.4 is 10.6 Å². The summed E-state index contributed by atoms with van der Waals surface area (Å²) >= 11 is 0. The van der Waals surface area contributed by atoms with Crippen LogP contribution in [-0.2, 0) is 11.2 Å².